The van der Waals surface area contributed by atoms with E-state index in [1.807, 2.05) is 17.4 Å². The van der Waals surface area contributed by atoms with E-state index in [9.17, 15) is 0 Å². The third-order valence-corrected chi connectivity index (χ3v) is 10.8. The lowest BCUT2D eigenvalue weighted by molar-refractivity contribution is 0.621. The maximum Gasteiger partial charge on any atom is 0.227 e. The number of aromatic nitrogens is 1. The summed E-state index contributed by atoms with van der Waals surface area (Å²) in [5.41, 5.74) is 10.3. The lowest BCUT2D eigenvalue weighted by atomic mass is 10.0. The molecule has 0 aliphatic rings. The molecule has 0 N–H and O–H groups in total. The molecule has 0 aliphatic heterocycles. The van der Waals surface area contributed by atoms with Crippen LogP contribution in [0.5, 0.6) is 0 Å². The first-order chi connectivity index (χ1) is 25.2. The zero-order chi connectivity index (χ0) is 33.7. The van der Waals surface area contributed by atoms with Crippen molar-refractivity contribution in [2.75, 3.05) is 4.90 Å². The Labute approximate surface area is 299 Å². The van der Waals surface area contributed by atoms with Gasteiger partial charge in [0.25, 0.3) is 0 Å². The molecule has 3 nitrogen and oxygen atoms in total. The smallest absolute Gasteiger partial charge is 0.227 e. The molecule has 0 aliphatic carbocycles. The quantitative estimate of drug-likeness (QED) is 0.176. The largest absolute Gasteiger partial charge is 0.435 e. The van der Waals surface area contributed by atoms with Gasteiger partial charge < -0.3 is 9.32 Å². The van der Waals surface area contributed by atoms with E-state index >= 15 is 0 Å². The second kappa shape index (κ2) is 12.1. The van der Waals surface area contributed by atoms with E-state index in [-0.39, 0.29) is 0 Å². The van der Waals surface area contributed by atoms with Crippen molar-refractivity contribution >= 4 is 70.4 Å². The number of benzene rings is 8. The van der Waals surface area contributed by atoms with Crippen LogP contribution in [-0.2, 0) is 0 Å². The van der Waals surface area contributed by atoms with Crippen molar-refractivity contribution in [2.24, 2.45) is 0 Å². The molecule has 4 heteroatoms. The summed E-state index contributed by atoms with van der Waals surface area (Å²) >= 11 is 1.84. The zero-order valence-electron chi connectivity index (χ0n) is 27.5. The van der Waals surface area contributed by atoms with Gasteiger partial charge in [-0.3, -0.25) is 0 Å². The highest BCUT2D eigenvalue weighted by Crippen LogP contribution is 2.42. The lowest BCUT2D eigenvalue weighted by Crippen LogP contribution is -2.10. The van der Waals surface area contributed by atoms with Crippen molar-refractivity contribution in [3.63, 3.8) is 0 Å². The Kier molecular flexibility index (Phi) is 7.00. The monoisotopic (exact) mass is 670 g/mol. The zero-order valence-corrected chi connectivity index (χ0v) is 28.3. The molecule has 10 rings (SSSR count). The van der Waals surface area contributed by atoms with Crippen molar-refractivity contribution in [1.29, 1.82) is 0 Å². The van der Waals surface area contributed by atoms with Crippen LogP contribution in [0, 0.1) is 0 Å². The molecule has 0 saturated heterocycles. The molecule has 0 amide bonds. The van der Waals surface area contributed by atoms with Crippen LogP contribution in [0.2, 0.25) is 0 Å². The summed E-state index contributed by atoms with van der Waals surface area (Å²) in [5, 5.41) is 4.92. The van der Waals surface area contributed by atoms with Gasteiger partial charge in [0, 0.05) is 48.4 Å². The first kappa shape index (κ1) is 29.4. The van der Waals surface area contributed by atoms with Gasteiger partial charge in [0.05, 0.1) is 0 Å². The first-order valence-corrected chi connectivity index (χ1v) is 17.9. The van der Waals surface area contributed by atoms with Crippen LogP contribution < -0.4 is 4.90 Å². The third-order valence-electron chi connectivity index (χ3n) is 9.68. The van der Waals surface area contributed by atoms with E-state index in [4.69, 9.17) is 9.40 Å². The van der Waals surface area contributed by atoms with Crippen LogP contribution in [0.4, 0.5) is 17.1 Å². The number of anilines is 3. The highest BCUT2D eigenvalue weighted by atomic mass is 32.1. The van der Waals surface area contributed by atoms with Gasteiger partial charge >= 0.3 is 0 Å². The number of oxazole rings is 1. The Morgan fingerprint density at radius 1 is 0.431 bits per heavy atom. The fraction of sp³-hybridized carbons (Fsp3) is 0. The maximum atomic E-state index is 6.51. The molecule has 0 radical (unpaired) electrons. The van der Waals surface area contributed by atoms with Crippen LogP contribution >= 0.6 is 11.3 Å². The van der Waals surface area contributed by atoms with Crippen molar-refractivity contribution in [1.82, 2.24) is 4.98 Å². The van der Waals surface area contributed by atoms with Gasteiger partial charge in [0.1, 0.15) is 5.52 Å². The number of hydrogen-bond donors (Lipinski definition) is 0. The van der Waals surface area contributed by atoms with Crippen LogP contribution in [0.25, 0.3) is 75.8 Å². The average molecular weight is 671 g/mol. The predicted octanol–water partition coefficient (Wildman–Crippen LogP) is 13.8. The second-order valence-electron chi connectivity index (χ2n) is 12.8. The van der Waals surface area contributed by atoms with Gasteiger partial charge in [-0.05, 0) is 94.2 Å². The lowest BCUT2D eigenvalue weighted by Gasteiger charge is -2.26. The van der Waals surface area contributed by atoms with E-state index < -0.39 is 0 Å². The van der Waals surface area contributed by atoms with Crippen LogP contribution in [0.3, 0.4) is 0 Å². The Morgan fingerprint density at radius 2 is 1.14 bits per heavy atom. The molecule has 240 valence electrons. The Bertz CT molecular complexity index is 2870. The summed E-state index contributed by atoms with van der Waals surface area (Å²) in [6.07, 6.45) is 0. The van der Waals surface area contributed by atoms with Crippen LogP contribution in [-0.4, -0.2) is 4.98 Å². The van der Waals surface area contributed by atoms with Crippen molar-refractivity contribution in [3.8, 4) is 33.7 Å². The number of nitrogens with zero attached hydrogens (tertiary/aromatic N) is 2. The number of fused-ring (bicyclic) bond motifs is 5. The SMILES string of the molecule is c1ccc(-c2cccc(N(c3ccc(-c4cccc5nc(-c6ccc7ccccc7c6)oc45)cc3)c3ccc4sc5ccccc5c4c3)c2)cc1. The van der Waals surface area contributed by atoms with E-state index in [1.165, 1.54) is 42.1 Å². The highest BCUT2D eigenvalue weighted by Gasteiger charge is 2.18. The fourth-order valence-corrected chi connectivity index (χ4v) is 8.25. The summed E-state index contributed by atoms with van der Waals surface area (Å²) < 4.78 is 9.10. The molecular weight excluding hydrogens is 641 g/mol. The molecule has 0 unspecified atom stereocenters. The topological polar surface area (TPSA) is 29.3 Å². The fourth-order valence-electron chi connectivity index (χ4n) is 7.17. The Morgan fingerprint density at radius 3 is 2.04 bits per heavy atom. The number of rotatable bonds is 6. The van der Waals surface area contributed by atoms with Gasteiger partial charge in [-0.25, -0.2) is 4.98 Å². The molecule has 2 heterocycles. The van der Waals surface area contributed by atoms with E-state index in [2.05, 4.69) is 181 Å². The van der Waals surface area contributed by atoms with E-state index in [1.54, 1.807) is 0 Å². The third kappa shape index (κ3) is 5.25. The summed E-state index contributed by atoms with van der Waals surface area (Å²) in [6, 6.07) is 64.6. The average Bonchev–Trinajstić information content (AvgIpc) is 3.81. The maximum absolute atomic E-state index is 6.51. The van der Waals surface area contributed by atoms with Gasteiger partial charge in [-0.15, -0.1) is 11.3 Å². The molecule has 2 aromatic heterocycles. The van der Waals surface area contributed by atoms with Crippen molar-refractivity contribution in [2.45, 2.75) is 0 Å². The van der Waals surface area contributed by atoms with Crippen LogP contribution in [0.1, 0.15) is 0 Å². The summed E-state index contributed by atoms with van der Waals surface area (Å²) in [7, 11) is 0. The minimum absolute atomic E-state index is 0.626. The molecule has 0 spiro atoms. The van der Waals surface area contributed by atoms with Crippen molar-refractivity contribution < 1.29 is 4.42 Å². The minimum Gasteiger partial charge on any atom is -0.435 e. The van der Waals surface area contributed by atoms with E-state index in [0.717, 1.165) is 44.9 Å². The molecule has 10 aromatic rings. The summed E-state index contributed by atoms with van der Waals surface area (Å²) in [5.74, 6) is 0.626. The Hall–Kier alpha value is -6.49. The molecule has 0 atom stereocenters. The molecule has 51 heavy (non-hydrogen) atoms. The van der Waals surface area contributed by atoms with E-state index in [0.29, 0.717) is 5.89 Å². The normalized spacial score (nSPS) is 11.5. The van der Waals surface area contributed by atoms with Gasteiger partial charge in [0.2, 0.25) is 5.89 Å². The van der Waals surface area contributed by atoms with Crippen molar-refractivity contribution in [3.05, 3.63) is 182 Å². The highest BCUT2D eigenvalue weighted by molar-refractivity contribution is 7.25. The number of thiophene rings is 1. The molecule has 0 fully saturated rings. The van der Waals surface area contributed by atoms with Gasteiger partial charge in [0.15, 0.2) is 5.58 Å². The predicted molar refractivity (Wildman–Crippen MR) is 215 cm³/mol. The number of para-hydroxylation sites is 1. The van der Waals surface area contributed by atoms with Gasteiger partial charge in [-0.1, -0.05) is 115 Å². The first-order valence-electron chi connectivity index (χ1n) is 17.1. The Balaban J connectivity index is 1.07. The van der Waals surface area contributed by atoms with Crippen LogP contribution in [0.15, 0.2) is 186 Å². The second-order valence-corrected chi connectivity index (χ2v) is 13.9. The standard InChI is InChI=1S/C47H30N2OS/c1-2-10-31(11-3-1)35-14-8-15-38(29-35)49(39-26-27-45-42(30-39)41-16-6-7-19-44(41)51-45)37-24-22-33(23-25-37)40-17-9-18-43-46(40)50-47(48-43)36-21-20-32-12-4-5-13-34(32)28-36/h1-30H. The molecule has 8 aromatic carbocycles. The summed E-state index contributed by atoms with van der Waals surface area (Å²) in [4.78, 5) is 7.26. The van der Waals surface area contributed by atoms with Gasteiger partial charge in [-0.2, -0.15) is 0 Å². The summed E-state index contributed by atoms with van der Waals surface area (Å²) in [6.45, 7) is 0. The molecule has 0 bridgehead atoms. The molecule has 0 saturated carbocycles. The minimum atomic E-state index is 0.626. The molecular formula is C47H30N2OS. The number of hydrogen-bond acceptors (Lipinski definition) is 4.